The Morgan fingerprint density at radius 1 is 1.40 bits per heavy atom. The Balaban J connectivity index is 2.48. The van der Waals surface area contributed by atoms with E-state index in [1.807, 2.05) is 0 Å². The van der Waals surface area contributed by atoms with Crippen molar-refractivity contribution in [3.8, 4) is 11.4 Å². The zero-order valence-corrected chi connectivity index (χ0v) is 4.94. The molecule has 0 aliphatic heterocycles. The first kappa shape index (κ1) is 5.22. The predicted octanol–water partition coefficient (Wildman–Crippen LogP) is 1.13. The summed E-state index contributed by atoms with van der Waals surface area (Å²) in [5.41, 5.74) is 1.29. The lowest BCUT2D eigenvalue weighted by molar-refractivity contribution is 0.422. The van der Waals surface area contributed by atoms with Crippen LogP contribution in [0.2, 0.25) is 0 Å². The summed E-state index contributed by atoms with van der Waals surface area (Å²) in [5, 5.41) is 3.64. The van der Waals surface area contributed by atoms with Gasteiger partial charge in [0.15, 0.2) is 0 Å². The summed E-state index contributed by atoms with van der Waals surface area (Å²) >= 11 is 0. The standard InChI is InChI=1S/C6H3N2O2/c1-2-10-8-5(1)6-3-9-4-7-6/h1-3H. The maximum absolute atomic E-state index is 4.62. The lowest BCUT2D eigenvalue weighted by Gasteiger charge is -1.78. The molecule has 0 N–H and O–H groups in total. The van der Waals surface area contributed by atoms with Gasteiger partial charge in [0.2, 0.25) is 0 Å². The minimum atomic E-state index is 0.633. The number of nitrogens with zero attached hydrogens (tertiary/aromatic N) is 2. The van der Waals surface area contributed by atoms with Crippen molar-refractivity contribution in [2.24, 2.45) is 0 Å². The van der Waals surface area contributed by atoms with Crippen LogP contribution in [-0.2, 0) is 0 Å². The van der Waals surface area contributed by atoms with Crippen molar-refractivity contribution < 1.29 is 8.94 Å². The Labute approximate surface area is 56.5 Å². The Bertz CT molecular complexity index is 253. The van der Waals surface area contributed by atoms with Crippen molar-refractivity contribution in [2.75, 3.05) is 0 Å². The molecule has 49 valence electrons. The quantitative estimate of drug-likeness (QED) is 0.588. The van der Waals surface area contributed by atoms with Crippen LogP contribution in [-0.4, -0.2) is 10.1 Å². The van der Waals surface area contributed by atoms with Crippen molar-refractivity contribution in [3.05, 3.63) is 25.0 Å². The van der Waals surface area contributed by atoms with Crippen LogP contribution in [0.1, 0.15) is 0 Å². The Hall–Kier alpha value is -1.58. The van der Waals surface area contributed by atoms with E-state index in [1.54, 1.807) is 6.07 Å². The second-order valence-corrected chi connectivity index (χ2v) is 1.71. The highest BCUT2D eigenvalue weighted by Crippen LogP contribution is 2.12. The summed E-state index contributed by atoms with van der Waals surface area (Å²) in [7, 11) is 0. The van der Waals surface area contributed by atoms with Gasteiger partial charge in [0.05, 0.1) is 0 Å². The fourth-order valence-corrected chi connectivity index (χ4v) is 0.646. The number of hydrogen-bond donors (Lipinski definition) is 0. The molecule has 0 aliphatic carbocycles. The molecule has 0 aromatic carbocycles. The molecule has 0 unspecified atom stereocenters. The van der Waals surface area contributed by atoms with Crippen LogP contribution in [0, 0.1) is 6.39 Å². The topological polar surface area (TPSA) is 52.1 Å². The molecular formula is C6H3N2O2. The zero-order chi connectivity index (χ0) is 6.81. The minimum Gasteiger partial charge on any atom is -0.440 e. The van der Waals surface area contributed by atoms with Crippen molar-refractivity contribution in [1.82, 2.24) is 10.1 Å². The van der Waals surface area contributed by atoms with E-state index in [-0.39, 0.29) is 0 Å². The monoisotopic (exact) mass is 135 g/mol. The van der Waals surface area contributed by atoms with Crippen LogP contribution in [0.15, 0.2) is 27.5 Å². The van der Waals surface area contributed by atoms with Crippen LogP contribution in [0.5, 0.6) is 0 Å². The highest BCUT2D eigenvalue weighted by atomic mass is 16.5. The van der Waals surface area contributed by atoms with Gasteiger partial charge in [-0.15, -0.1) is 0 Å². The van der Waals surface area contributed by atoms with Crippen molar-refractivity contribution >= 4 is 0 Å². The van der Waals surface area contributed by atoms with Crippen molar-refractivity contribution in [1.29, 1.82) is 0 Å². The highest BCUT2D eigenvalue weighted by Gasteiger charge is 2.02. The van der Waals surface area contributed by atoms with Crippen molar-refractivity contribution in [2.45, 2.75) is 0 Å². The smallest absolute Gasteiger partial charge is 0.284 e. The first-order valence-electron chi connectivity index (χ1n) is 2.69. The molecule has 2 heterocycles. The molecule has 0 spiro atoms. The molecule has 2 aromatic heterocycles. The highest BCUT2D eigenvalue weighted by molar-refractivity contribution is 5.49. The Morgan fingerprint density at radius 2 is 2.40 bits per heavy atom. The van der Waals surface area contributed by atoms with E-state index >= 15 is 0 Å². The Morgan fingerprint density at radius 3 is 3.00 bits per heavy atom. The maximum Gasteiger partial charge on any atom is 0.284 e. The zero-order valence-electron chi connectivity index (χ0n) is 4.94. The lowest BCUT2D eigenvalue weighted by atomic mass is 10.3. The molecule has 0 aliphatic rings. The fraction of sp³-hybridized carbons (Fsp3) is 0. The van der Waals surface area contributed by atoms with Crippen LogP contribution >= 0.6 is 0 Å². The molecule has 2 aromatic rings. The largest absolute Gasteiger partial charge is 0.440 e. The minimum absolute atomic E-state index is 0.633. The summed E-state index contributed by atoms with van der Waals surface area (Å²) in [4.78, 5) is 3.74. The molecule has 0 amide bonds. The molecule has 0 atom stereocenters. The number of rotatable bonds is 1. The molecule has 0 saturated heterocycles. The van der Waals surface area contributed by atoms with Gasteiger partial charge in [0.25, 0.3) is 6.39 Å². The normalized spacial score (nSPS) is 10.0. The van der Waals surface area contributed by atoms with Gasteiger partial charge in [-0.2, -0.15) is 0 Å². The molecule has 0 fully saturated rings. The van der Waals surface area contributed by atoms with Crippen LogP contribution in [0.3, 0.4) is 0 Å². The fourth-order valence-electron chi connectivity index (χ4n) is 0.646. The summed E-state index contributed by atoms with van der Waals surface area (Å²) in [6.07, 6.45) is 5.24. The van der Waals surface area contributed by atoms with E-state index in [4.69, 9.17) is 0 Å². The van der Waals surface area contributed by atoms with Gasteiger partial charge in [0.1, 0.15) is 23.9 Å². The molecule has 0 saturated carbocycles. The van der Waals surface area contributed by atoms with Gasteiger partial charge in [-0.1, -0.05) is 5.16 Å². The Kier molecular flexibility index (Phi) is 1.04. The van der Waals surface area contributed by atoms with E-state index in [1.165, 1.54) is 12.5 Å². The summed E-state index contributed by atoms with van der Waals surface area (Å²) in [6.45, 7) is 0. The molecule has 4 nitrogen and oxygen atoms in total. The van der Waals surface area contributed by atoms with Gasteiger partial charge in [-0.25, -0.2) is 4.98 Å². The van der Waals surface area contributed by atoms with Gasteiger partial charge in [-0.3, -0.25) is 0 Å². The van der Waals surface area contributed by atoms with E-state index in [2.05, 4.69) is 25.5 Å². The first-order chi connectivity index (χ1) is 4.97. The third kappa shape index (κ3) is 0.699. The SMILES string of the molecule is [c]1nc(-c2ccon2)co1. The van der Waals surface area contributed by atoms with Gasteiger partial charge < -0.3 is 8.94 Å². The number of aromatic nitrogens is 2. The first-order valence-corrected chi connectivity index (χ1v) is 2.69. The third-order valence-corrected chi connectivity index (χ3v) is 1.09. The average molecular weight is 135 g/mol. The maximum atomic E-state index is 4.62. The summed E-state index contributed by atoms with van der Waals surface area (Å²) < 4.78 is 9.21. The molecule has 4 heteroatoms. The third-order valence-electron chi connectivity index (χ3n) is 1.09. The van der Waals surface area contributed by atoms with Crippen molar-refractivity contribution in [3.63, 3.8) is 0 Å². The van der Waals surface area contributed by atoms with Gasteiger partial charge >= 0.3 is 0 Å². The molecule has 2 rings (SSSR count). The molecular weight excluding hydrogens is 132 g/mol. The van der Waals surface area contributed by atoms with Crippen LogP contribution in [0.25, 0.3) is 11.4 Å². The number of hydrogen-bond acceptors (Lipinski definition) is 4. The van der Waals surface area contributed by atoms with Crippen LogP contribution in [0.4, 0.5) is 0 Å². The number of oxazole rings is 1. The van der Waals surface area contributed by atoms with Gasteiger partial charge in [-0.05, 0) is 0 Å². The van der Waals surface area contributed by atoms with E-state index in [0.717, 1.165) is 0 Å². The summed E-state index contributed by atoms with van der Waals surface area (Å²) in [6, 6.07) is 1.70. The van der Waals surface area contributed by atoms with E-state index < -0.39 is 0 Å². The second-order valence-electron chi connectivity index (χ2n) is 1.71. The second kappa shape index (κ2) is 1.98. The summed E-state index contributed by atoms with van der Waals surface area (Å²) in [5.74, 6) is 0. The predicted molar refractivity (Wildman–Crippen MR) is 30.8 cm³/mol. The van der Waals surface area contributed by atoms with Gasteiger partial charge in [0, 0.05) is 6.07 Å². The molecule has 0 bridgehead atoms. The van der Waals surface area contributed by atoms with E-state index in [0.29, 0.717) is 11.4 Å². The van der Waals surface area contributed by atoms with Crippen LogP contribution < -0.4 is 0 Å². The molecule has 10 heavy (non-hydrogen) atoms. The average Bonchev–Trinajstić information content (AvgIpc) is 2.59. The lowest BCUT2D eigenvalue weighted by Crippen LogP contribution is -1.73. The van der Waals surface area contributed by atoms with E-state index in [9.17, 15) is 0 Å². The molecule has 1 radical (unpaired) electrons.